The molecular weight excluding hydrogens is 318 g/mol. The third-order valence-electron chi connectivity index (χ3n) is 3.40. The Bertz CT molecular complexity index is 700. The van der Waals surface area contributed by atoms with Crippen molar-refractivity contribution in [3.63, 3.8) is 0 Å². The van der Waals surface area contributed by atoms with E-state index in [4.69, 9.17) is 0 Å². The number of anilines is 2. The van der Waals surface area contributed by atoms with E-state index in [1.54, 1.807) is 0 Å². The molecule has 0 aromatic heterocycles. The van der Waals surface area contributed by atoms with Crippen molar-refractivity contribution in [1.82, 2.24) is 0 Å². The standard InChI is InChI=1S/C20H19N3.ClH/c1-4-10-17(11-5-1)16-21-20(22-18-12-6-2-7-13-18)23-19-14-8-3-9-15-19;/h1-15H,16H2,(H2,21,22,23);1H. The lowest BCUT2D eigenvalue weighted by Crippen LogP contribution is -3.00. The van der Waals surface area contributed by atoms with Gasteiger partial charge in [-0.2, -0.15) is 0 Å². The second-order valence-corrected chi connectivity index (χ2v) is 5.20. The van der Waals surface area contributed by atoms with Gasteiger partial charge < -0.3 is 12.4 Å². The highest BCUT2D eigenvalue weighted by Crippen LogP contribution is 2.07. The molecule has 4 heteroatoms. The molecule has 0 saturated heterocycles. The quantitative estimate of drug-likeness (QED) is 0.458. The van der Waals surface area contributed by atoms with E-state index in [1.165, 1.54) is 5.56 Å². The van der Waals surface area contributed by atoms with E-state index >= 15 is 0 Å². The number of nitrogens with one attached hydrogen (secondary N) is 3. The summed E-state index contributed by atoms with van der Waals surface area (Å²) in [6.45, 7) is 0.746. The molecule has 3 nitrogen and oxygen atoms in total. The number of hydrogen-bond donors (Lipinski definition) is 3. The van der Waals surface area contributed by atoms with Crippen LogP contribution < -0.4 is 28.0 Å². The summed E-state index contributed by atoms with van der Waals surface area (Å²) in [6.07, 6.45) is 0. The molecular formula is C20H20ClN3. The van der Waals surface area contributed by atoms with Gasteiger partial charge in [0.1, 0.15) is 0 Å². The van der Waals surface area contributed by atoms with Crippen LogP contribution in [-0.2, 0) is 6.54 Å². The van der Waals surface area contributed by atoms with Crippen LogP contribution in [0.4, 0.5) is 11.4 Å². The first-order chi connectivity index (χ1) is 11.4. The third kappa shape index (κ3) is 5.45. The van der Waals surface area contributed by atoms with Crippen LogP contribution in [0.25, 0.3) is 0 Å². The van der Waals surface area contributed by atoms with Crippen molar-refractivity contribution in [2.75, 3.05) is 10.6 Å². The van der Waals surface area contributed by atoms with Crippen molar-refractivity contribution in [3.8, 4) is 0 Å². The number of hydrogen-bond acceptors (Lipinski definition) is 0. The highest BCUT2D eigenvalue weighted by atomic mass is 35.5. The van der Waals surface area contributed by atoms with Crippen molar-refractivity contribution in [1.29, 1.82) is 0 Å². The smallest absolute Gasteiger partial charge is 0.353 e. The van der Waals surface area contributed by atoms with Gasteiger partial charge in [0.15, 0.2) is 0 Å². The summed E-state index contributed by atoms with van der Waals surface area (Å²) >= 11 is 0. The zero-order valence-corrected chi connectivity index (χ0v) is 14.0. The topological polar surface area (TPSA) is 38.0 Å². The van der Waals surface area contributed by atoms with Gasteiger partial charge in [-0.05, 0) is 29.8 Å². The Morgan fingerprint density at radius 2 is 1.04 bits per heavy atom. The fourth-order valence-corrected chi connectivity index (χ4v) is 2.24. The van der Waals surface area contributed by atoms with Crippen LogP contribution in [-0.4, -0.2) is 5.96 Å². The molecule has 0 fully saturated rings. The molecule has 0 aliphatic carbocycles. The lowest BCUT2D eigenvalue weighted by atomic mass is 10.2. The Morgan fingerprint density at radius 3 is 1.50 bits per heavy atom. The molecule has 122 valence electrons. The molecule has 0 heterocycles. The fourth-order valence-electron chi connectivity index (χ4n) is 2.24. The Kier molecular flexibility index (Phi) is 6.87. The summed E-state index contributed by atoms with van der Waals surface area (Å²) in [5, 5.41) is 6.78. The van der Waals surface area contributed by atoms with Gasteiger partial charge in [-0.15, -0.1) is 0 Å². The molecule has 0 amide bonds. The number of halogens is 1. The first kappa shape index (κ1) is 17.6. The van der Waals surface area contributed by atoms with E-state index in [2.05, 4.69) is 27.8 Å². The minimum absolute atomic E-state index is 0. The minimum Gasteiger partial charge on any atom is -1.00 e. The van der Waals surface area contributed by atoms with Crippen LogP contribution in [0.2, 0.25) is 0 Å². The highest BCUT2D eigenvalue weighted by Gasteiger charge is 2.08. The summed E-state index contributed by atoms with van der Waals surface area (Å²) in [7, 11) is 0. The molecule has 0 aliphatic rings. The molecule has 3 aromatic carbocycles. The summed E-state index contributed by atoms with van der Waals surface area (Å²) in [5.74, 6) is 0.853. The minimum atomic E-state index is 0. The number of benzene rings is 3. The van der Waals surface area contributed by atoms with Crippen molar-refractivity contribution in [2.24, 2.45) is 0 Å². The molecule has 24 heavy (non-hydrogen) atoms. The normalized spacial score (nSPS) is 9.50. The molecule has 0 spiro atoms. The highest BCUT2D eigenvalue weighted by molar-refractivity contribution is 5.99. The maximum atomic E-state index is 3.43. The molecule has 0 bridgehead atoms. The zero-order chi connectivity index (χ0) is 15.7. The summed E-state index contributed by atoms with van der Waals surface area (Å²) in [5.41, 5.74) is 3.30. The van der Waals surface area contributed by atoms with Gasteiger partial charge in [0.25, 0.3) is 0 Å². The Balaban J connectivity index is 0.00000208. The molecule has 0 unspecified atom stereocenters. The molecule has 0 atom stereocenters. The summed E-state index contributed by atoms with van der Waals surface area (Å²) < 4.78 is 0. The first-order valence-corrected chi connectivity index (χ1v) is 7.69. The van der Waals surface area contributed by atoms with E-state index < -0.39 is 0 Å². The van der Waals surface area contributed by atoms with Crippen molar-refractivity contribution in [2.45, 2.75) is 6.54 Å². The average Bonchev–Trinajstić information content (AvgIpc) is 2.62. The average molecular weight is 338 g/mol. The van der Waals surface area contributed by atoms with Gasteiger partial charge in [0.05, 0.1) is 17.9 Å². The molecule has 3 rings (SSSR count). The molecule has 0 aliphatic heterocycles. The largest absolute Gasteiger partial charge is 1.00 e. The Hall–Kier alpha value is -2.78. The van der Waals surface area contributed by atoms with Crippen LogP contribution in [0.1, 0.15) is 5.56 Å². The van der Waals surface area contributed by atoms with Gasteiger partial charge in [-0.1, -0.05) is 66.7 Å². The SMILES string of the molecule is [Cl-].c1ccc(C[NH+]=C(Nc2ccccc2)Nc2ccccc2)cc1. The van der Waals surface area contributed by atoms with E-state index in [-0.39, 0.29) is 12.4 Å². The van der Waals surface area contributed by atoms with Crippen LogP contribution in [0.15, 0.2) is 91.0 Å². The second-order valence-electron chi connectivity index (χ2n) is 5.20. The second kappa shape index (κ2) is 9.38. The van der Waals surface area contributed by atoms with Crippen LogP contribution >= 0.6 is 0 Å². The van der Waals surface area contributed by atoms with Crippen LogP contribution in [0.3, 0.4) is 0 Å². The zero-order valence-electron chi connectivity index (χ0n) is 13.2. The van der Waals surface area contributed by atoms with Gasteiger partial charge >= 0.3 is 5.96 Å². The van der Waals surface area contributed by atoms with Crippen molar-refractivity contribution >= 4 is 17.3 Å². The van der Waals surface area contributed by atoms with Crippen LogP contribution in [0.5, 0.6) is 0 Å². The molecule has 0 saturated carbocycles. The van der Waals surface area contributed by atoms with Crippen molar-refractivity contribution < 1.29 is 17.4 Å². The first-order valence-electron chi connectivity index (χ1n) is 7.69. The number of guanidine groups is 1. The van der Waals surface area contributed by atoms with E-state index in [0.29, 0.717) is 0 Å². The van der Waals surface area contributed by atoms with Crippen LogP contribution in [0, 0.1) is 0 Å². The van der Waals surface area contributed by atoms with Gasteiger partial charge in [0, 0.05) is 0 Å². The fraction of sp³-hybridized carbons (Fsp3) is 0.0500. The monoisotopic (exact) mass is 337 g/mol. The van der Waals surface area contributed by atoms with E-state index in [1.807, 2.05) is 78.9 Å². The maximum absolute atomic E-state index is 3.43. The lowest BCUT2D eigenvalue weighted by molar-refractivity contribution is -0.475. The molecule has 3 N–H and O–H groups in total. The van der Waals surface area contributed by atoms with Gasteiger partial charge in [0.2, 0.25) is 0 Å². The lowest BCUT2D eigenvalue weighted by Gasteiger charge is -2.06. The number of para-hydroxylation sites is 2. The van der Waals surface area contributed by atoms with Gasteiger partial charge in [-0.3, -0.25) is 4.99 Å². The third-order valence-corrected chi connectivity index (χ3v) is 3.40. The van der Waals surface area contributed by atoms with Crippen molar-refractivity contribution in [3.05, 3.63) is 96.6 Å². The Morgan fingerprint density at radius 1 is 0.625 bits per heavy atom. The maximum Gasteiger partial charge on any atom is 0.353 e. The summed E-state index contributed by atoms with van der Waals surface area (Å²) in [6, 6.07) is 30.6. The Labute approximate surface area is 148 Å². The predicted octanol–water partition coefficient (Wildman–Crippen LogP) is -0.149. The summed E-state index contributed by atoms with van der Waals surface area (Å²) in [4.78, 5) is 3.43. The van der Waals surface area contributed by atoms with Gasteiger partial charge in [-0.25, -0.2) is 10.6 Å². The number of rotatable bonds is 4. The van der Waals surface area contributed by atoms with E-state index in [9.17, 15) is 0 Å². The molecule has 3 aromatic rings. The molecule has 0 radical (unpaired) electrons. The van der Waals surface area contributed by atoms with E-state index in [0.717, 1.165) is 23.9 Å². The predicted molar refractivity (Wildman–Crippen MR) is 96.2 cm³/mol.